The van der Waals surface area contributed by atoms with Crippen LogP contribution in [0.15, 0.2) is 0 Å². The summed E-state index contributed by atoms with van der Waals surface area (Å²) in [5.74, 6) is 0.948. The van der Waals surface area contributed by atoms with Gasteiger partial charge >= 0.3 is 5.97 Å². The average molecular weight is 242 g/mol. The third-order valence-electron chi connectivity index (χ3n) is 3.39. The minimum atomic E-state index is -0.0280. The number of hydrogen-bond acceptors (Lipinski definition) is 2. The molecule has 0 aliphatic carbocycles. The molecule has 2 nitrogen and oxygen atoms in total. The van der Waals surface area contributed by atoms with Crippen LogP contribution >= 0.6 is 0 Å². The lowest BCUT2D eigenvalue weighted by atomic mass is 9.95. The monoisotopic (exact) mass is 242 g/mol. The molecule has 0 aliphatic heterocycles. The van der Waals surface area contributed by atoms with Crippen molar-refractivity contribution in [3.8, 4) is 0 Å². The number of rotatable bonds is 10. The first kappa shape index (κ1) is 16.5. The Kier molecular flexibility index (Phi) is 10.3. The summed E-state index contributed by atoms with van der Waals surface area (Å²) in [4.78, 5) is 11.5. The van der Waals surface area contributed by atoms with Crippen molar-refractivity contribution in [1.29, 1.82) is 0 Å². The Morgan fingerprint density at radius 1 is 1.00 bits per heavy atom. The van der Waals surface area contributed by atoms with E-state index in [9.17, 15) is 4.79 Å². The van der Waals surface area contributed by atoms with Gasteiger partial charge in [0.2, 0.25) is 0 Å². The smallest absolute Gasteiger partial charge is 0.306 e. The van der Waals surface area contributed by atoms with Crippen molar-refractivity contribution in [2.24, 2.45) is 11.8 Å². The van der Waals surface area contributed by atoms with Crippen molar-refractivity contribution in [3.05, 3.63) is 0 Å². The minimum Gasteiger partial charge on any atom is -0.466 e. The van der Waals surface area contributed by atoms with Crippen LogP contribution in [0.5, 0.6) is 0 Å². The predicted molar refractivity (Wildman–Crippen MR) is 73.0 cm³/mol. The molecule has 0 rings (SSSR count). The van der Waals surface area contributed by atoms with Crippen LogP contribution in [-0.4, -0.2) is 12.6 Å². The molecule has 102 valence electrons. The Morgan fingerprint density at radius 3 is 2.18 bits per heavy atom. The van der Waals surface area contributed by atoms with E-state index in [1.165, 1.54) is 32.1 Å². The highest BCUT2D eigenvalue weighted by Gasteiger charge is 2.13. The normalized spacial score (nSPS) is 12.8. The lowest BCUT2D eigenvalue weighted by molar-refractivity contribution is -0.145. The molecule has 1 unspecified atom stereocenters. The largest absolute Gasteiger partial charge is 0.466 e. The highest BCUT2D eigenvalue weighted by atomic mass is 16.5. The minimum absolute atomic E-state index is 0.0280. The van der Waals surface area contributed by atoms with E-state index in [-0.39, 0.29) is 5.97 Å². The lowest BCUT2D eigenvalue weighted by Crippen LogP contribution is -2.14. The highest BCUT2D eigenvalue weighted by Crippen LogP contribution is 2.14. The van der Waals surface area contributed by atoms with Gasteiger partial charge in [-0.1, -0.05) is 59.8 Å². The Balaban J connectivity index is 3.33. The van der Waals surface area contributed by atoms with Gasteiger partial charge in [-0.2, -0.15) is 0 Å². The fourth-order valence-electron chi connectivity index (χ4n) is 1.63. The summed E-state index contributed by atoms with van der Waals surface area (Å²) in [6, 6.07) is 0. The van der Waals surface area contributed by atoms with Gasteiger partial charge in [0.05, 0.1) is 6.61 Å². The van der Waals surface area contributed by atoms with E-state index in [0.29, 0.717) is 24.9 Å². The van der Waals surface area contributed by atoms with Crippen LogP contribution in [0.25, 0.3) is 0 Å². The summed E-state index contributed by atoms with van der Waals surface area (Å²) in [5.41, 5.74) is 0. The van der Waals surface area contributed by atoms with Crippen molar-refractivity contribution < 1.29 is 9.53 Å². The zero-order valence-corrected chi connectivity index (χ0v) is 12.1. The van der Waals surface area contributed by atoms with Crippen LogP contribution in [0, 0.1) is 11.8 Å². The van der Waals surface area contributed by atoms with Gasteiger partial charge < -0.3 is 4.74 Å². The molecule has 2 heteroatoms. The fourth-order valence-corrected chi connectivity index (χ4v) is 1.63. The van der Waals surface area contributed by atoms with Crippen molar-refractivity contribution >= 4 is 5.97 Å². The first-order valence-electron chi connectivity index (χ1n) is 7.23. The maximum Gasteiger partial charge on any atom is 0.306 e. The number of ether oxygens (including phenoxy) is 1. The number of esters is 1. The molecule has 0 spiro atoms. The topological polar surface area (TPSA) is 26.3 Å². The molecule has 0 amide bonds. The second-order valence-corrected chi connectivity index (χ2v) is 5.41. The van der Waals surface area contributed by atoms with Gasteiger partial charge in [-0.25, -0.2) is 0 Å². The molecular weight excluding hydrogens is 212 g/mol. The fraction of sp³-hybridized carbons (Fsp3) is 0.933. The first-order valence-corrected chi connectivity index (χ1v) is 7.23. The molecule has 0 aromatic rings. The second-order valence-electron chi connectivity index (χ2n) is 5.41. The molecule has 0 aliphatic rings. The molecule has 0 radical (unpaired) electrons. The lowest BCUT2D eigenvalue weighted by Gasteiger charge is -2.14. The van der Waals surface area contributed by atoms with Crippen LogP contribution in [0.4, 0.5) is 0 Å². The molecule has 0 heterocycles. The Bertz CT molecular complexity index is 187. The van der Waals surface area contributed by atoms with E-state index >= 15 is 0 Å². The summed E-state index contributed by atoms with van der Waals surface area (Å²) >= 11 is 0. The molecule has 1 atom stereocenters. The van der Waals surface area contributed by atoms with Crippen molar-refractivity contribution in [3.63, 3.8) is 0 Å². The summed E-state index contributed by atoms with van der Waals surface area (Å²) in [6.07, 6.45) is 7.96. The van der Waals surface area contributed by atoms with Crippen molar-refractivity contribution in [2.75, 3.05) is 6.61 Å². The van der Waals surface area contributed by atoms with Gasteiger partial charge in [0, 0.05) is 6.42 Å². The van der Waals surface area contributed by atoms with Crippen molar-refractivity contribution in [1.82, 2.24) is 0 Å². The third kappa shape index (κ3) is 10.3. The molecule has 0 bridgehead atoms. The number of carbonyl (C=O) groups is 1. The third-order valence-corrected chi connectivity index (χ3v) is 3.39. The average Bonchev–Trinajstić information content (AvgIpc) is 2.27. The molecule has 17 heavy (non-hydrogen) atoms. The first-order chi connectivity index (χ1) is 8.07. The quantitative estimate of drug-likeness (QED) is 0.414. The molecule has 0 aromatic carbocycles. The van der Waals surface area contributed by atoms with Crippen LogP contribution < -0.4 is 0 Å². The molecule has 0 N–H and O–H groups in total. The van der Waals surface area contributed by atoms with E-state index in [2.05, 4.69) is 27.7 Å². The number of unbranched alkanes of at least 4 members (excludes halogenated alkanes) is 5. The molecule has 0 aromatic heterocycles. The van der Waals surface area contributed by atoms with E-state index in [1.807, 2.05) is 0 Å². The van der Waals surface area contributed by atoms with Gasteiger partial charge in [0.1, 0.15) is 0 Å². The maximum atomic E-state index is 11.5. The van der Waals surface area contributed by atoms with Crippen LogP contribution in [0.1, 0.15) is 72.6 Å². The van der Waals surface area contributed by atoms with Gasteiger partial charge in [-0.15, -0.1) is 0 Å². The Hall–Kier alpha value is -0.530. The Labute approximate surface area is 107 Å². The second kappa shape index (κ2) is 10.6. The summed E-state index contributed by atoms with van der Waals surface area (Å²) in [5, 5.41) is 0. The standard InChI is InChI=1S/C15H30O2/c1-5-6-7-8-9-10-11-17-15(16)12-14(4)13(2)3/h13-14H,5-12H2,1-4H3. The van der Waals surface area contributed by atoms with Crippen molar-refractivity contribution in [2.45, 2.75) is 72.6 Å². The number of carbonyl (C=O) groups excluding carboxylic acids is 1. The molecule has 0 saturated carbocycles. The summed E-state index contributed by atoms with van der Waals surface area (Å²) in [7, 11) is 0. The Morgan fingerprint density at radius 2 is 1.59 bits per heavy atom. The molecule has 0 saturated heterocycles. The zero-order chi connectivity index (χ0) is 13.1. The zero-order valence-electron chi connectivity index (χ0n) is 12.1. The van der Waals surface area contributed by atoms with Gasteiger partial charge in [-0.3, -0.25) is 4.79 Å². The maximum absolute atomic E-state index is 11.5. The van der Waals surface area contributed by atoms with E-state index in [0.717, 1.165) is 6.42 Å². The van der Waals surface area contributed by atoms with Gasteiger partial charge in [0.25, 0.3) is 0 Å². The molecular formula is C15H30O2. The van der Waals surface area contributed by atoms with Crippen LogP contribution in [0.3, 0.4) is 0 Å². The summed E-state index contributed by atoms with van der Waals surface area (Å²) < 4.78 is 5.23. The molecule has 0 fully saturated rings. The highest BCUT2D eigenvalue weighted by molar-refractivity contribution is 5.69. The number of hydrogen-bond donors (Lipinski definition) is 0. The van der Waals surface area contributed by atoms with Crippen LogP contribution in [-0.2, 0) is 9.53 Å². The predicted octanol–water partition coefficient (Wildman–Crippen LogP) is 4.57. The van der Waals surface area contributed by atoms with E-state index in [1.54, 1.807) is 0 Å². The van der Waals surface area contributed by atoms with E-state index in [4.69, 9.17) is 4.74 Å². The SMILES string of the molecule is CCCCCCCCOC(=O)CC(C)C(C)C. The van der Waals surface area contributed by atoms with Crippen LogP contribution in [0.2, 0.25) is 0 Å². The van der Waals surface area contributed by atoms with Gasteiger partial charge in [-0.05, 0) is 18.3 Å². The van der Waals surface area contributed by atoms with E-state index < -0.39 is 0 Å². The summed E-state index contributed by atoms with van der Waals surface area (Å²) in [6.45, 7) is 9.22. The van der Waals surface area contributed by atoms with Gasteiger partial charge in [0.15, 0.2) is 0 Å².